The first-order chi connectivity index (χ1) is 20.9. The van der Waals surface area contributed by atoms with E-state index in [2.05, 4.69) is 5.32 Å². The fraction of sp³-hybridized carbons (Fsp3) is 0.257. The molecule has 4 rings (SSSR count). The van der Waals surface area contributed by atoms with E-state index in [1.54, 1.807) is 24.3 Å². The molecule has 0 heterocycles. The maximum Gasteiger partial charge on any atom is 0.264 e. The number of anilines is 1. The summed E-state index contributed by atoms with van der Waals surface area (Å²) in [6, 6.07) is 28.9. The predicted molar refractivity (Wildman–Crippen MR) is 176 cm³/mol. The molecular formula is C35H38ClN3O4S. The second-order valence-corrected chi connectivity index (χ2v) is 13.5. The van der Waals surface area contributed by atoms with Crippen LogP contribution < -0.4 is 9.62 Å². The molecule has 4 aromatic rings. The molecule has 4 aromatic carbocycles. The largest absolute Gasteiger partial charge is 0.352 e. The molecule has 0 aliphatic heterocycles. The van der Waals surface area contributed by atoms with Gasteiger partial charge in [0, 0.05) is 24.0 Å². The Bertz CT molecular complexity index is 1660. The SMILES string of the molecule is Cc1ccc(CN(C(=O)CN(c2ccc(C)cc2)S(=O)(=O)c2ccc(Cl)cc2)C(Cc2ccccc2)C(=O)NC(C)C)cc1. The van der Waals surface area contributed by atoms with Gasteiger partial charge in [-0.1, -0.05) is 89.5 Å². The van der Waals surface area contributed by atoms with Crippen molar-refractivity contribution in [1.29, 1.82) is 0 Å². The van der Waals surface area contributed by atoms with Crippen LogP contribution in [0.4, 0.5) is 5.69 Å². The molecule has 230 valence electrons. The third-order valence-electron chi connectivity index (χ3n) is 7.18. The zero-order chi connectivity index (χ0) is 31.9. The van der Waals surface area contributed by atoms with Gasteiger partial charge in [-0.3, -0.25) is 13.9 Å². The van der Waals surface area contributed by atoms with Gasteiger partial charge >= 0.3 is 0 Å². The summed E-state index contributed by atoms with van der Waals surface area (Å²) in [6.07, 6.45) is 0.255. The highest BCUT2D eigenvalue weighted by Crippen LogP contribution is 2.26. The standard InChI is InChI=1S/C35H38ClN3O4S/c1-25(2)37-35(41)33(22-28-8-6-5-7-9-28)38(23-29-14-10-26(3)11-15-29)34(40)24-39(31-18-12-27(4)13-19-31)44(42,43)32-20-16-30(36)17-21-32/h5-21,25,33H,22-24H2,1-4H3,(H,37,41). The van der Waals surface area contributed by atoms with Crippen molar-refractivity contribution in [1.82, 2.24) is 10.2 Å². The molecular weight excluding hydrogens is 594 g/mol. The molecule has 0 bridgehead atoms. The van der Waals surface area contributed by atoms with Gasteiger partial charge in [-0.25, -0.2) is 8.42 Å². The lowest BCUT2D eigenvalue weighted by Gasteiger charge is -2.34. The van der Waals surface area contributed by atoms with Gasteiger partial charge in [0.2, 0.25) is 11.8 Å². The number of sulfonamides is 1. The number of hydrogen-bond acceptors (Lipinski definition) is 4. The van der Waals surface area contributed by atoms with E-state index in [0.29, 0.717) is 10.7 Å². The lowest BCUT2D eigenvalue weighted by Crippen LogP contribution is -2.54. The number of nitrogens with zero attached hydrogens (tertiary/aromatic N) is 2. The first-order valence-corrected chi connectivity index (χ1v) is 16.3. The van der Waals surface area contributed by atoms with Gasteiger partial charge in [0.25, 0.3) is 10.0 Å². The summed E-state index contributed by atoms with van der Waals surface area (Å²) in [5, 5.41) is 3.36. The first-order valence-electron chi connectivity index (χ1n) is 14.5. The van der Waals surface area contributed by atoms with Crippen LogP contribution in [0.15, 0.2) is 108 Å². The van der Waals surface area contributed by atoms with Gasteiger partial charge in [0.15, 0.2) is 0 Å². The Hall–Kier alpha value is -4.14. The van der Waals surface area contributed by atoms with E-state index in [9.17, 15) is 18.0 Å². The molecule has 1 atom stereocenters. The van der Waals surface area contributed by atoms with Crippen LogP contribution in [0.25, 0.3) is 0 Å². The van der Waals surface area contributed by atoms with Crippen molar-refractivity contribution in [2.75, 3.05) is 10.8 Å². The molecule has 2 amide bonds. The topological polar surface area (TPSA) is 86.8 Å². The van der Waals surface area contributed by atoms with Gasteiger partial charge < -0.3 is 10.2 Å². The van der Waals surface area contributed by atoms with Crippen molar-refractivity contribution in [3.8, 4) is 0 Å². The highest BCUT2D eigenvalue weighted by Gasteiger charge is 2.34. The fourth-order valence-corrected chi connectivity index (χ4v) is 6.34. The predicted octanol–water partition coefficient (Wildman–Crippen LogP) is 6.32. The minimum absolute atomic E-state index is 0.00116. The normalized spacial score (nSPS) is 12.0. The van der Waals surface area contributed by atoms with Crippen LogP contribution >= 0.6 is 11.6 Å². The number of nitrogens with one attached hydrogen (secondary N) is 1. The maximum absolute atomic E-state index is 14.4. The van der Waals surface area contributed by atoms with Crippen LogP contribution in [0.1, 0.15) is 36.1 Å². The molecule has 0 aliphatic rings. The Kier molecular flexibility index (Phi) is 10.8. The zero-order valence-corrected chi connectivity index (χ0v) is 27.0. The average Bonchev–Trinajstić information content (AvgIpc) is 2.99. The van der Waals surface area contributed by atoms with Crippen molar-refractivity contribution < 1.29 is 18.0 Å². The van der Waals surface area contributed by atoms with Gasteiger partial charge in [0.1, 0.15) is 12.6 Å². The van der Waals surface area contributed by atoms with Crippen molar-refractivity contribution in [2.45, 2.75) is 57.6 Å². The molecule has 0 saturated heterocycles. The zero-order valence-electron chi connectivity index (χ0n) is 25.4. The smallest absolute Gasteiger partial charge is 0.264 e. The van der Waals surface area contributed by atoms with Crippen LogP contribution in [0.3, 0.4) is 0 Å². The molecule has 0 saturated carbocycles. The number of carbonyl (C=O) groups is 2. The van der Waals surface area contributed by atoms with E-state index in [0.717, 1.165) is 26.6 Å². The van der Waals surface area contributed by atoms with Crippen LogP contribution in [-0.2, 0) is 32.6 Å². The van der Waals surface area contributed by atoms with E-state index >= 15 is 0 Å². The van der Waals surface area contributed by atoms with Crippen LogP contribution in [-0.4, -0.2) is 43.8 Å². The number of aryl methyl sites for hydroxylation is 2. The Morgan fingerprint density at radius 3 is 1.91 bits per heavy atom. The van der Waals surface area contributed by atoms with Gasteiger partial charge in [-0.05, 0) is 75.2 Å². The summed E-state index contributed by atoms with van der Waals surface area (Å²) in [6.45, 7) is 7.20. The van der Waals surface area contributed by atoms with Gasteiger partial charge in [-0.15, -0.1) is 0 Å². The van der Waals surface area contributed by atoms with Crippen molar-refractivity contribution in [2.24, 2.45) is 0 Å². The second-order valence-electron chi connectivity index (χ2n) is 11.2. The van der Waals surface area contributed by atoms with Gasteiger partial charge in [0.05, 0.1) is 10.6 Å². The van der Waals surface area contributed by atoms with E-state index in [1.807, 2.05) is 82.3 Å². The maximum atomic E-state index is 14.4. The van der Waals surface area contributed by atoms with Crippen molar-refractivity contribution in [3.05, 3.63) is 130 Å². The molecule has 0 aromatic heterocycles. The van der Waals surface area contributed by atoms with Gasteiger partial charge in [-0.2, -0.15) is 0 Å². The number of benzene rings is 4. The highest BCUT2D eigenvalue weighted by molar-refractivity contribution is 7.92. The molecule has 44 heavy (non-hydrogen) atoms. The highest BCUT2D eigenvalue weighted by atomic mass is 35.5. The van der Waals surface area contributed by atoms with Crippen LogP contribution in [0.2, 0.25) is 5.02 Å². The number of halogens is 1. The number of rotatable bonds is 12. The van der Waals surface area contributed by atoms with Crippen LogP contribution in [0.5, 0.6) is 0 Å². The summed E-state index contributed by atoms with van der Waals surface area (Å²) in [5.41, 5.74) is 4.03. The third-order valence-corrected chi connectivity index (χ3v) is 9.22. The number of carbonyl (C=O) groups excluding carboxylic acids is 2. The quantitative estimate of drug-likeness (QED) is 0.198. The lowest BCUT2D eigenvalue weighted by atomic mass is 10.0. The summed E-state index contributed by atoms with van der Waals surface area (Å²) in [7, 11) is -4.19. The van der Waals surface area contributed by atoms with Crippen molar-refractivity contribution in [3.63, 3.8) is 0 Å². The van der Waals surface area contributed by atoms with E-state index < -0.39 is 28.5 Å². The second kappa shape index (κ2) is 14.6. The summed E-state index contributed by atoms with van der Waals surface area (Å²) in [4.78, 5) is 29.7. The molecule has 0 fully saturated rings. The Morgan fingerprint density at radius 1 is 0.773 bits per heavy atom. The first kappa shape index (κ1) is 32.8. The Labute approximate surface area is 265 Å². The molecule has 0 aliphatic carbocycles. The van der Waals surface area contributed by atoms with Crippen LogP contribution in [0, 0.1) is 13.8 Å². The number of hydrogen-bond donors (Lipinski definition) is 1. The summed E-state index contributed by atoms with van der Waals surface area (Å²) in [5.74, 6) is -0.824. The minimum Gasteiger partial charge on any atom is -0.352 e. The minimum atomic E-state index is -4.19. The summed E-state index contributed by atoms with van der Waals surface area (Å²) < 4.78 is 29.2. The average molecular weight is 632 g/mol. The Balaban J connectivity index is 1.79. The molecule has 7 nitrogen and oxygen atoms in total. The third kappa shape index (κ3) is 8.49. The lowest BCUT2D eigenvalue weighted by molar-refractivity contribution is -0.140. The van der Waals surface area contributed by atoms with E-state index in [1.165, 1.54) is 29.2 Å². The van der Waals surface area contributed by atoms with E-state index in [-0.39, 0.29) is 29.8 Å². The molecule has 0 spiro atoms. The molecule has 0 radical (unpaired) electrons. The van der Waals surface area contributed by atoms with Crippen molar-refractivity contribution >= 4 is 39.1 Å². The summed E-state index contributed by atoms with van der Waals surface area (Å²) >= 11 is 6.05. The monoisotopic (exact) mass is 631 g/mol. The Morgan fingerprint density at radius 2 is 1.34 bits per heavy atom. The molecule has 9 heteroatoms. The fourth-order valence-electron chi connectivity index (χ4n) is 4.80. The molecule has 1 N–H and O–H groups in total. The molecule has 1 unspecified atom stereocenters. The van der Waals surface area contributed by atoms with E-state index in [4.69, 9.17) is 11.6 Å². The number of amides is 2.